The zero-order chi connectivity index (χ0) is 0. The second-order valence-electron chi connectivity index (χ2n) is 0. The van der Waals surface area contributed by atoms with Crippen LogP contribution >= 0.6 is 0 Å². The molecule has 0 rings (SSSR count). The molecule has 0 fully saturated rings. The Morgan fingerprint density at radius 2 is 0.308 bits per heavy atom. The topological polar surface area (TPSA) is 300 Å². The fourth-order valence-electron chi connectivity index (χ4n) is 0. The van der Waals surface area contributed by atoms with Crippen molar-refractivity contribution in [2.45, 2.75) is 0 Å². The molecule has 0 heterocycles. The van der Waals surface area contributed by atoms with Crippen LogP contribution in [0.15, 0.2) is 0 Å². The monoisotopic (exact) mass is 374 g/mol. The van der Waals surface area contributed by atoms with Gasteiger partial charge in [-0.1, -0.05) is 0 Å². The molecule has 0 aliphatic heterocycles. The summed E-state index contributed by atoms with van der Waals surface area (Å²) >= 11 is 0. The molecule has 10 N–H and O–H groups in total. The van der Waals surface area contributed by atoms with Gasteiger partial charge in [0.15, 0.2) is 0 Å². The van der Waals surface area contributed by atoms with E-state index in [1.165, 1.54) is 0 Å². The van der Waals surface area contributed by atoms with Crippen LogP contribution in [0.25, 0.3) is 0 Å². The third-order valence-corrected chi connectivity index (χ3v) is 0. The summed E-state index contributed by atoms with van der Waals surface area (Å²) in [5.41, 5.74) is 0. The largest absolute Gasteiger partial charge is 4.00 e. The van der Waals surface area contributed by atoms with E-state index in [1.807, 2.05) is 0 Å². The van der Waals surface area contributed by atoms with Gasteiger partial charge in [-0.15, -0.1) is 0 Å². The van der Waals surface area contributed by atoms with E-state index in [9.17, 15) is 0 Å². The van der Waals surface area contributed by atoms with Crippen molar-refractivity contribution in [3.05, 3.63) is 0 Å². The summed E-state index contributed by atoms with van der Waals surface area (Å²) in [4.78, 5) is 0. The van der Waals surface area contributed by atoms with Crippen molar-refractivity contribution in [1.82, 2.24) is 0 Å². The summed E-state index contributed by atoms with van der Waals surface area (Å²) in [6.07, 6.45) is 0. The molecule has 13 heteroatoms. The molecule has 0 aromatic carbocycles. The third-order valence-electron chi connectivity index (χ3n) is 0. The molecule has 0 spiro atoms. The van der Waals surface area contributed by atoms with Crippen molar-refractivity contribution in [2.24, 2.45) is 0 Å². The van der Waals surface area contributed by atoms with Gasteiger partial charge in [-0.25, -0.2) is 0 Å². The Balaban J connectivity index is 0. The molecule has 90 valence electrons. The van der Waals surface area contributed by atoms with E-state index in [4.69, 9.17) is 0 Å². The maximum atomic E-state index is 0. The molecule has 0 aromatic heterocycles. The maximum absolute atomic E-state index is 0. The molecule has 0 saturated carbocycles. The fourth-order valence-corrected chi connectivity index (χ4v) is 0. The first-order valence-electron chi connectivity index (χ1n) is 0. The van der Waals surface area contributed by atoms with E-state index < -0.39 is 0 Å². The second-order valence-corrected chi connectivity index (χ2v) is 0. The first-order valence-corrected chi connectivity index (χ1v) is 0. The van der Waals surface area contributed by atoms with Crippen molar-refractivity contribution in [3.63, 3.8) is 0 Å². The summed E-state index contributed by atoms with van der Waals surface area (Å²) in [5, 5.41) is 0. The van der Waals surface area contributed by atoms with Gasteiger partial charge in [-0.3, -0.25) is 0 Å². The summed E-state index contributed by atoms with van der Waals surface area (Å²) in [6.45, 7) is 0. The molecule has 0 radical (unpaired) electrons. The predicted octanol–water partition coefficient (Wildman–Crippen LogP) is -1.78. The summed E-state index contributed by atoms with van der Waals surface area (Å²) in [6, 6.07) is 0. The van der Waals surface area contributed by atoms with Gasteiger partial charge in [-0.2, -0.15) is 0 Å². The molecule has 0 unspecified atom stereocenters. The summed E-state index contributed by atoms with van der Waals surface area (Å²) in [7, 11) is 0. The Hall–Kier alpha value is 1.50. The van der Waals surface area contributed by atoms with Crippen LogP contribution in [0.2, 0.25) is 0 Å². The summed E-state index contributed by atoms with van der Waals surface area (Å²) < 4.78 is 0. The molecule has 0 bridgehead atoms. The SMILES string of the molecule is [Mo+4].[Ni+2].[OH-].[OH-].[OH-].[OH-].[OH-].[OH-].[OH-].[OH-].[OH-].[OH-].[Ti+4]. The zero-order valence-electron chi connectivity index (χ0n) is 5.70. The molecule has 0 saturated heterocycles. The minimum Gasteiger partial charge on any atom is -0.870 e. The van der Waals surface area contributed by atoms with Crippen LogP contribution in [0.5, 0.6) is 0 Å². The van der Waals surface area contributed by atoms with Crippen LogP contribution in [0.1, 0.15) is 0 Å². The van der Waals surface area contributed by atoms with Crippen molar-refractivity contribution in [2.75, 3.05) is 0 Å². The molecule has 0 aromatic rings. The van der Waals surface area contributed by atoms with Gasteiger partial charge in [0.05, 0.1) is 0 Å². The quantitative estimate of drug-likeness (QED) is 0.430. The number of rotatable bonds is 0. The van der Waals surface area contributed by atoms with Crippen LogP contribution in [0.4, 0.5) is 0 Å². The summed E-state index contributed by atoms with van der Waals surface area (Å²) in [5.74, 6) is 0. The minimum atomic E-state index is 0. The van der Waals surface area contributed by atoms with Crippen molar-refractivity contribution in [3.8, 4) is 0 Å². The molecular formula is H10MoNiO10Ti. The van der Waals surface area contributed by atoms with Crippen molar-refractivity contribution < 1.29 is 114 Å². The van der Waals surface area contributed by atoms with Crippen LogP contribution in [0, 0.1) is 0 Å². The van der Waals surface area contributed by atoms with E-state index in [-0.39, 0.29) is 114 Å². The van der Waals surface area contributed by atoms with Crippen LogP contribution in [-0.4, -0.2) is 54.8 Å². The van der Waals surface area contributed by atoms with Crippen LogP contribution < -0.4 is 0 Å². The predicted molar refractivity (Wildman–Crippen MR) is 19.4 cm³/mol. The molecule has 0 atom stereocenters. The van der Waals surface area contributed by atoms with Crippen molar-refractivity contribution in [1.29, 1.82) is 0 Å². The van der Waals surface area contributed by atoms with E-state index >= 15 is 0 Å². The van der Waals surface area contributed by atoms with E-state index in [0.29, 0.717) is 0 Å². The molecule has 10 nitrogen and oxygen atoms in total. The smallest absolute Gasteiger partial charge is 0.870 e. The van der Waals surface area contributed by atoms with Gasteiger partial charge < -0.3 is 54.8 Å². The standard InChI is InChI=1S/Mo.Ni.10H2O.Ti/h;;10*1H2;/q+4;+2;;;;;;;;;;;+4/p-10. The first kappa shape index (κ1) is 1180. The third kappa shape index (κ3) is 797. The van der Waals surface area contributed by atoms with E-state index in [1.54, 1.807) is 0 Å². The average Bonchev–Trinajstić information content (AvgIpc) is 0. The molecular weight excluding hydrogens is 362 g/mol. The average molecular weight is 373 g/mol. The Bertz CT molecular complexity index is 14.9. The first-order chi connectivity index (χ1) is 0. The normalized spacial score (nSPS) is 0. The van der Waals surface area contributed by atoms with Gasteiger partial charge in [0, 0.05) is 0 Å². The number of hydrogen-bond acceptors (Lipinski definition) is 10. The van der Waals surface area contributed by atoms with E-state index in [0.717, 1.165) is 0 Å². The molecule has 13 heavy (non-hydrogen) atoms. The Morgan fingerprint density at radius 3 is 0.308 bits per heavy atom. The van der Waals surface area contributed by atoms with E-state index in [2.05, 4.69) is 0 Å². The Morgan fingerprint density at radius 1 is 0.308 bits per heavy atom. The Labute approximate surface area is 114 Å². The van der Waals surface area contributed by atoms with Crippen LogP contribution in [-0.2, 0) is 59.3 Å². The van der Waals surface area contributed by atoms with Crippen LogP contribution in [0.3, 0.4) is 0 Å². The van der Waals surface area contributed by atoms with Gasteiger partial charge in [-0.05, 0) is 0 Å². The Kier molecular flexibility index (Phi) is 85400. The van der Waals surface area contributed by atoms with Gasteiger partial charge in [0.25, 0.3) is 0 Å². The maximum Gasteiger partial charge on any atom is 4.00 e. The zero-order valence-corrected chi connectivity index (χ0v) is 10.3. The number of hydrogen-bond donors (Lipinski definition) is 0. The molecule has 0 aliphatic rings. The van der Waals surface area contributed by atoms with Gasteiger partial charge >= 0.3 is 59.3 Å². The molecule has 0 aliphatic carbocycles. The van der Waals surface area contributed by atoms with Crippen molar-refractivity contribution >= 4 is 0 Å². The fraction of sp³-hybridized carbons (Fsp3) is 0. The van der Waals surface area contributed by atoms with Gasteiger partial charge in [0.2, 0.25) is 0 Å². The molecule has 0 amide bonds. The minimum absolute atomic E-state index is 0. The van der Waals surface area contributed by atoms with Gasteiger partial charge in [0.1, 0.15) is 0 Å². The second kappa shape index (κ2) is 942.